The molecule has 0 aliphatic carbocycles. The van der Waals surface area contributed by atoms with E-state index < -0.39 is 35.0 Å². The van der Waals surface area contributed by atoms with Crippen molar-refractivity contribution in [1.82, 2.24) is 0 Å². The first-order chi connectivity index (χ1) is 8.59. The lowest BCUT2D eigenvalue weighted by Gasteiger charge is -2.14. The second-order valence-corrected chi connectivity index (χ2v) is 3.64. The van der Waals surface area contributed by atoms with Crippen molar-refractivity contribution in [3.8, 4) is 0 Å². The van der Waals surface area contributed by atoms with Crippen molar-refractivity contribution in [1.29, 1.82) is 0 Å². The number of carbonyl (C=O) groups is 2. The number of alkyl halides is 6. The van der Waals surface area contributed by atoms with Crippen LogP contribution in [0.15, 0.2) is 18.2 Å². The zero-order valence-electron chi connectivity index (χ0n) is 9.05. The molecule has 0 aliphatic rings. The van der Waals surface area contributed by atoms with Crippen LogP contribution in [0.25, 0.3) is 0 Å². The van der Waals surface area contributed by atoms with E-state index in [1.807, 2.05) is 0 Å². The summed E-state index contributed by atoms with van der Waals surface area (Å²) in [6.07, 6.45) is -10.1. The Bertz CT molecular complexity index is 449. The third-order valence-corrected chi connectivity index (χ3v) is 2.29. The van der Waals surface area contributed by atoms with Crippen LogP contribution in [0.3, 0.4) is 0 Å². The summed E-state index contributed by atoms with van der Waals surface area (Å²) in [6.45, 7) is 0. The number of aldehydes is 2. The highest BCUT2D eigenvalue weighted by atomic mass is 19.4. The molecule has 0 amide bonds. The summed E-state index contributed by atoms with van der Waals surface area (Å²) in [5.41, 5.74) is -3.77. The topological polar surface area (TPSA) is 34.1 Å². The fraction of sp³-hybridized carbons (Fsp3) is 0.273. The largest absolute Gasteiger partial charge is 0.416 e. The molecule has 0 aromatic heterocycles. The summed E-state index contributed by atoms with van der Waals surface area (Å²) in [4.78, 5) is 20.9. The molecule has 0 heterocycles. The van der Waals surface area contributed by atoms with Crippen LogP contribution in [0.5, 0.6) is 0 Å². The molecule has 0 aliphatic heterocycles. The number of rotatable bonds is 3. The van der Waals surface area contributed by atoms with Gasteiger partial charge < -0.3 is 9.59 Å². The van der Waals surface area contributed by atoms with E-state index in [2.05, 4.69) is 0 Å². The van der Waals surface area contributed by atoms with E-state index in [0.29, 0.717) is 12.1 Å². The minimum atomic E-state index is -5.01. The quantitative estimate of drug-likeness (QED) is 0.485. The normalized spacial score (nSPS) is 12.6. The predicted octanol–water partition coefficient (Wildman–Crippen LogP) is 3.21. The number of carbonyl (C=O) groups excluding carboxylic acids is 2. The average molecular weight is 284 g/mol. The van der Waals surface area contributed by atoms with E-state index in [1.165, 1.54) is 0 Å². The van der Waals surface area contributed by atoms with Gasteiger partial charge in [-0.25, -0.2) is 0 Å². The lowest BCUT2D eigenvalue weighted by atomic mass is 9.96. The fourth-order valence-corrected chi connectivity index (χ4v) is 1.36. The van der Waals surface area contributed by atoms with E-state index in [4.69, 9.17) is 0 Å². The maximum atomic E-state index is 12.5. The Morgan fingerprint density at radius 2 is 1.16 bits per heavy atom. The average Bonchev–Trinajstić information content (AvgIpc) is 2.28. The van der Waals surface area contributed by atoms with Crippen LogP contribution in [-0.2, 0) is 21.9 Å². The molecule has 0 unspecified atom stereocenters. The molecule has 1 aromatic carbocycles. The third-order valence-electron chi connectivity index (χ3n) is 2.29. The smallest absolute Gasteiger partial charge is 0.302 e. The van der Waals surface area contributed by atoms with E-state index in [1.54, 1.807) is 0 Å². The summed E-state index contributed by atoms with van der Waals surface area (Å²) in [7, 11) is 0. The van der Waals surface area contributed by atoms with E-state index in [9.17, 15) is 35.9 Å². The van der Waals surface area contributed by atoms with E-state index in [0.717, 1.165) is 0 Å². The Kier molecular flexibility index (Phi) is 4.02. The second kappa shape index (κ2) is 5.02. The summed E-state index contributed by atoms with van der Waals surface area (Å²) in [5.74, 6) is -1.66. The second-order valence-electron chi connectivity index (χ2n) is 3.64. The molecule has 0 fully saturated rings. The highest BCUT2D eigenvalue weighted by molar-refractivity contribution is 5.85. The minimum absolute atomic E-state index is 0.0252. The monoisotopic (exact) mass is 284 g/mol. The first kappa shape index (κ1) is 15.2. The molecule has 0 atom stereocenters. The first-order valence-corrected chi connectivity index (χ1v) is 4.79. The Hall–Kier alpha value is -1.86. The van der Waals surface area contributed by atoms with Gasteiger partial charge in [-0.15, -0.1) is 0 Å². The van der Waals surface area contributed by atoms with Crippen molar-refractivity contribution in [2.24, 2.45) is 0 Å². The van der Waals surface area contributed by atoms with Crippen LogP contribution in [0.2, 0.25) is 0 Å². The van der Waals surface area contributed by atoms with Crippen molar-refractivity contribution < 1.29 is 35.9 Å². The SMILES string of the molecule is O=CC(C=O)c1cc(C(F)(F)F)cc(C(F)(F)F)c1. The molecule has 8 heteroatoms. The molecular formula is C11H6F6O2. The highest BCUT2D eigenvalue weighted by Crippen LogP contribution is 2.37. The molecule has 0 bridgehead atoms. The van der Waals surface area contributed by atoms with Crippen LogP contribution < -0.4 is 0 Å². The molecule has 2 nitrogen and oxygen atoms in total. The Morgan fingerprint density at radius 1 is 0.789 bits per heavy atom. The van der Waals surface area contributed by atoms with Gasteiger partial charge in [0.1, 0.15) is 12.6 Å². The molecule has 104 valence electrons. The van der Waals surface area contributed by atoms with Crippen molar-refractivity contribution in [3.63, 3.8) is 0 Å². The lowest BCUT2D eigenvalue weighted by molar-refractivity contribution is -0.143. The molecule has 0 saturated carbocycles. The van der Waals surface area contributed by atoms with Gasteiger partial charge >= 0.3 is 12.4 Å². The van der Waals surface area contributed by atoms with Crippen LogP contribution in [-0.4, -0.2) is 12.6 Å². The molecule has 0 saturated heterocycles. The van der Waals surface area contributed by atoms with Gasteiger partial charge in [0.2, 0.25) is 0 Å². The van der Waals surface area contributed by atoms with Gasteiger partial charge in [-0.05, 0) is 23.8 Å². The number of halogens is 6. The van der Waals surface area contributed by atoms with Crippen LogP contribution >= 0.6 is 0 Å². The van der Waals surface area contributed by atoms with E-state index >= 15 is 0 Å². The molecular weight excluding hydrogens is 278 g/mol. The van der Waals surface area contributed by atoms with Gasteiger partial charge in [0, 0.05) is 0 Å². The maximum absolute atomic E-state index is 12.5. The predicted molar refractivity (Wildman–Crippen MR) is 51.3 cm³/mol. The third kappa shape index (κ3) is 3.55. The Labute approximate surface area is 103 Å². The zero-order chi connectivity index (χ0) is 14.8. The summed E-state index contributed by atoms with van der Waals surface area (Å²) < 4.78 is 74.8. The van der Waals surface area contributed by atoms with Crippen LogP contribution in [0, 0.1) is 0 Å². The first-order valence-electron chi connectivity index (χ1n) is 4.79. The molecule has 0 N–H and O–H groups in total. The lowest BCUT2D eigenvalue weighted by Crippen LogP contribution is -2.13. The number of benzene rings is 1. The van der Waals surface area contributed by atoms with E-state index in [-0.39, 0.29) is 18.6 Å². The molecule has 1 rings (SSSR count). The molecule has 1 aromatic rings. The van der Waals surface area contributed by atoms with Gasteiger partial charge in [-0.1, -0.05) is 0 Å². The van der Waals surface area contributed by atoms with Crippen molar-refractivity contribution in [2.75, 3.05) is 0 Å². The van der Waals surface area contributed by atoms with Gasteiger partial charge in [-0.3, -0.25) is 0 Å². The molecule has 0 radical (unpaired) electrons. The number of hydrogen-bond donors (Lipinski definition) is 0. The van der Waals surface area contributed by atoms with Crippen LogP contribution in [0.1, 0.15) is 22.6 Å². The number of hydrogen-bond acceptors (Lipinski definition) is 2. The van der Waals surface area contributed by atoms with Crippen molar-refractivity contribution in [2.45, 2.75) is 18.3 Å². The minimum Gasteiger partial charge on any atom is -0.302 e. The summed E-state index contributed by atoms with van der Waals surface area (Å²) >= 11 is 0. The zero-order valence-corrected chi connectivity index (χ0v) is 9.05. The maximum Gasteiger partial charge on any atom is 0.416 e. The summed E-state index contributed by atoms with van der Waals surface area (Å²) in [6, 6.07) is 0.627. The summed E-state index contributed by atoms with van der Waals surface area (Å²) in [5, 5.41) is 0. The fourth-order valence-electron chi connectivity index (χ4n) is 1.36. The van der Waals surface area contributed by atoms with Crippen molar-refractivity contribution >= 4 is 12.6 Å². The Balaban J connectivity index is 3.49. The van der Waals surface area contributed by atoms with Gasteiger partial charge in [0.15, 0.2) is 0 Å². The standard InChI is InChI=1S/C11H6F6O2/c12-10(13,14)8-1-6(7(4-18)5-19)2-9(3-8)11(15,16)17/h1-5,7H. The highest BCUT2D eigenvalue weighted by Gasteiger charge is 2.37. The van der Waals surface area contributed by atoms with Gasteiger partial charge in [0.25, 0.3) is 0 Å². The van der Waals surface area contributed by atoms with Crippen molar-refractivity contribution in [3.05, 3.63) is 34.9 Å². The van der Waals surface area contributed by atoms with Gasteiger partial charge in [-0.2, -0.15) is 26.3 Å². The molecule has 19 heavy (non-hydrogen) atoms. The van der Waals surface area contributed by atoms with Gasteiger partial charge in [0.05, 0.1) is 17.0 Å². The Morgan fingerprint density at radius 3 is 1.42 bits per heavy atom. The molecule has 0 spiro atoms. The van der Waals surface area contributed by atoms with Crippen LogP contribution in [0.4, 0.5) is 26.3 Å².